The van der Waals surface area contributed by atoms with Gasteiger partial charge in [0, 0.05) is 43.2 Å². The molecule has 2 aromatic rings. The highest BCUT2D eigenvalue weighted by Gasteiger charge is 2.29. The van der Waals surface area contributed by atoms with E-state index in [0.717, 1.165) is 69.9 Å². The fourth-order valence-electron chi connectivity index (χ4n) is 5.73. The van der Waals surface area contributed by atoms with Gasteiger partial charge in [-0.05, 0) is 61.6 Å². The van der Waals surface area contributed by atoms with Crippen molar-refractivity contribution >= 4 is 11.8 Å². The third-order valence-corrected chi connectivity index (χ3v) is 7.74. The summed E-state index contributed by atoms with van der Waals surface area (Å²) in [6.07, 6.45) is 12.0. The molecule has 1 aliphatic heterocycles. The molecule has 0 spiro atoms. The summed E-state index contributed by atoms with van der Waals surface area (Å²) in [7, 11) is 0. The molecule has 0 radical (unpaired) electrons. The van der Waals surface area contributed by atoms with Crippen LogP contribution in [0.2, 0.25) is 0 Å². The zero-order chi connectivity index (χ0) is 22.6. The molecule has 0 atom stereocenters. The van der Waals surface area contributed by atoms with Gasteiger partial charge in [-0.3, -0.25) is 0 Å². The summed E-state index contributed by atoms with van der Waals surface area (Å²) in [5.41, 5.74) is 12.7. The fourth-order valence-corrected chi connectivity index (χ4v) is 5.73. The van der Waals surface area contributed by atoms with Crippen molar-refractivity contribution in [1.82, 2.24) is 15.3 Å². The van der Waals surface area contributed by atoms with Crippen LogP contribution in [0.4, 0.5) is 11.8 Å². The second-order valence-electron chi connectivity index (χ2n) is 10.3. The standard InChI is InChI=1S/C27H40N6/c1-2-3-14-29-27-32-25(19-9-11-21(28)12-10-19)24-23-13-8-18(16-30-22-6-4-5-7-22)15-20(23)17-31-26(24)33-27/h8,13,15,19,21-22,30H,2-7,9-12,14,16-17,28H2,1H3,(H2,29,31,32,33). The Bertz CT molecular complexity index is 944. The van der Waals surface area contributed by atoms with Crippen LogP contribution in [-0.4, -0.2) is 28.6 Å². The lowest BCUT2D eigenvalue weighted by Crippen LogP contribution is -2.27. The molecule has 0 bridgehead atoms. The topological polar surface area (TPSA) is 87.9 Å². The predicted molar refractivity (Wildman–Crippen MR) is 136 cm³/mol. The van der Waals surface area contributed by atoms with Gasteiger partial charge in [0.05, 0.1) is 5.69 Å². The number of fused-ring (bicyclic) bond motifs is 3. The Morgan fingerprint density at radius 3 is 2.67 bits per heavy atom. The van der Waals surface area contributed by atoms with Crippen molar-refractivity contribution < 1.29 is 0 Å². The average Bonchev–Trinajstić information content (AvgIpc) is 3.36. The van der Waals surface area contributed by atoms with Crippen molar-refractivity contribution in [2.24, 2.45) is 5.73 Å². The summed E-state index contributed by atoms with van der Waals surface area (Å²) in [6, 6.07) is 8.01. The second kappa shape index (κ2) is 10.4. The van der Waals surface area contributed by atoms with Gasteiger partial charge in [-0.2, -0.15) is 4.98 Å². The first-order valence-corrected chi connectivity index (χ1v) is 13.2. The molecule has 6 heteroatoms. The van der Waals surface area contributed by atoms with Gasteiger partial charge in [0.15, 0.2) is 0 Å². The van der Waals surface area contributed by atoms with Crippen LogP contribution in [0.1, 0.15) is 93.9 Å². The highest BCUT2D eigenvalue weighted by atomic mass is 15.1. The summed E-state index contributed by atoms with van der Waals surface area (Å²) < 4.78 is 0. The van der Waals surface area contributed by atoms with Crippen LogP contribution in [0.5, 0.6) is 0 Å². The van der Waals surface area contributed by atoms with Gasteiger partial charge in [0.1, 0.15) is 5.82 Å². The molecule has 5 N–H and O–H groups in total. The van der Waals surface area contributed by atoms with Gasteiger partial charge in [-0.15, -0.1) is 0 Å². The Balaban J connectivity index is 1.44. The molecule has 2 saturated carbocycles. The van der Waals surface area contributed by atoms with Gasteiger partial charge in [0.25, 0.3) is 0 Å². The van der Waals surface area contributed by atoms with Gasteiger partial charge >= 0.3 is 0 Å². The first kappa shape index (κ1) is 22.6. The molecule has 0 amide bonds. The lowest BCUT2D eigenvalue weighted by atomic mass is 9.81. The maximum atomic E-state index is 6.23. The average molecular weight is 449 g/mol. The number of nitrogens with two attached hydrogens (primary N) is 1. The SMILES string of the molecule is CCCCNc1nc2c(c(C3CCC(N)CC3)n1)-c1ccc(CNC3CCCC3)cc1CN2. The largest absolute Gasteiger partial charge is 0.365 e. The number of rotatable bonds is 8. The second-order valence-corrected chi connectivity index (χ2v) is 10.3. The van der Waals surface area contributed by atoms with Crippen molar-refractivity contribution in [3.8, 4) is 11.1 Å². The van der Waals surface area contributed by atoms with Gasteiger partial charge in [0.2, 0.25) is 5.95 Å². The molecule has 6 nitrogen and oxygen atoms in total. The highest BCUT2D eigenvalue weighted by Crippen LogP contribution is 2.43. The zero-order valence-electron chi connectivity index (χ0n) is 20.1. The van der Waals surface area contributed by atoms with E-state index in [9.17, 15) is 0 Å². The zero-order valence-corrected chi connectivity index (χ0v) is 20.1. The molecule has 33 heavy (non-hydrogen) atoms. The van der Waals surface area contributed by atoms with Gasteiger partial charge in [-0.25, -0.2) is 4.98 Å². The van der Waals surface area contributed by atoms with Gasteiger partial charge in [-0.1, -0.05) is 44.4 Å². The quantitative estimate of drug-likeness (QED) is 0.410. The van der Waals surface area contributed by atoms with E-state index in [1.165, 1.54) is 53.6 Å². The maximum Gasteiger partial charge on any atom is 0.224 e. The van der Waals surface area contributed by atoms with E-state index in [-0.39, 0.29) is 0 Å². The van der Waals surface area contributed by atoms with Crippen LogP contribution in [0, 0.1) is 0 Å². The first-order chi connectivity index (χ1) is 16.2. The minimum Gasteiger partial charge on any atom is -0.365 e. The minimum atomic E-state index is 0.335. The predicted octanol–water partition coefficient (Wildman–Crippen LogP) is 5.30. The maximum absolute atomic E-state index is 6.23. The highest BCUT2D eigenvalue weighted by molar-refractivity contribution is 5.83. The summed E-state index contributed by atoms with van der Waals surface area (Å²) in [5.74, 6) is 2.20. The number of nitrogens with zero attached hydrogens (tertiary/aromatic N) is 2. The Kier molecular flexibility index (Phi) is 7.12. The van der Waals surface area contributed by atoms with Crippen LogP contribution >= 0.6 is 0 Å². The number of hydrogen-bond acceptors (Lipinski definition) is 6. The number of nitrogens with one attached hydrogen (secondary N) is 3. The summed E-state index contributed by atoms with van der Waals surface area (Å²) in [6.45, 7) is 4.90. The lowest BCUT2D eigenvalue weighted by molar-refractivity contribution is 0.391. The molecule has 0 saturated heterocycles. The number of anilines is 2. The molecule has 1 aromatic heterocycles. The van der Waals surface area contributed by atoms with Crippen molar-refractivity contribution in [2.45, 2.75) is 102 Å². The summed E-state index contributed by atoms with van der Waals surface area (Å²) in [5, 5.41) is 10.8. The number of benzene rings is 1. The molecule has 0 unspecified atom stereocenters. The molecule has 3 aliphatic rings. The summed E-state index contributed by atoms with van der Waals surface area (Å²) in [4.78, 5) is 10.00. The molecule has 5 rings (SSSR count). The molecular weight excluding hydrogens is 408 g/mol. The molecule has 178 valence electrons. The lowest BCUT2D eigenvalue weighted by Gasteiger charge is -2.30. The normalized spacial score (nSPS) is 22.5. The van der Waals surface area contributed by atoms with Crippen molar-refractivity contribution in [1.29, 1.82) is 0 Å². The van der Waals surface area contributed by atoms with E-state index < -0.39 is 0 Å². The molecule has 2 heterocycles. The monoisotopic (exact) mass is 448 g/mol. The first-order valence-electron chi connectivity index (χ1n) is 13.2. The number of aromatic nitrogens is 2. The Morgan fingerprint density at radius 1 is 1.06 bits per heavy atom. The van der Waals surface area contributed by atoms with E-state index >= 15 is 0 Å². The van der Waals surface area contributed by atoms with E-state index in [1.54, 1.807) is 0 Å². The van der Waals surface area contributed by atoms with E-state index in [1.807, 2.05) is 0 Å². The molecular formula is C27H40N6. The Labute approximate surface area is 198 Å². The van der Waals surface area contributed by atoms with Crippen LogP contribution in [0.25, 0.3) is 11.1 Å². The van der Waals surface area contributed by atoms with E-state index in [4.69, 9.17) is 15.7 Å². The van der Waals surface area contributed by atoms with Crippen LogP contribution in [0.3, 0.4) is 0 Å². The minimum absolute atomic E-state index is 0.335. The molecule has 1 aromatic carbocycles. The molecule has 2 aliphatic carbocycles. The van der Waals surface area contributed by atoms with Crippen molar-refractivity contribution in [2.75, 3.05) is 17.2 Å². The van der Waals surface area contributed by atoms with E-state index in [0.29, 0.717) is 18.0 Å². The van der Waals surface area contributed by atoms with Gasteiger partial charge < -0.3 is 21.7 Å². The fraction of sp³-hybridized carbons (Fsp3) is 0.630. The van der Waals surface area contributed by atoms with Crippen molar-refractivity contribution in [3.63, 3.8) is 0 Å². The summed E-state index contributed by atoms with van der Waals surface area (Å²) >= 11 is 0. The Morgan fingerprint density at radius 2 is 1.88 bits per heavy atom. The van der Waals surface area contributed by atoms with Crippen LogP contribution in [0.15, 0.2) is 18.2 Å². The van der Waals surface area contributed by atoms with Crippen LogP contribution < -0.4 is 21.7 Å². The number of hydrogen-bond donors (Lipinski definition) is 4. The number of unbranched alkanes of at least 4 members (excludes halogenated alkanes) is 1. The Hall–Kier alpha value is -2.18. The van der Waals surface area contributed by atoms with E-state index in [2.05, 4.69) is 41.1 Å². The third kappa shape index (κ3) is 5.17. The third-order valence-electron chi connectivity index (χ3n) is 7.74. The van der Waals surface area contributed by atoms with Crippen molar-refractivity contribution in [3.05, 3.63) is 35.0 Å². The smallest absolute Gasteiger partial charge is 0.224 e. The molecule has 2 fully saturated rings. The van der Waals surface area contributed by atoms with Crippen LogP contribution in [-0.2, 0) is 13.1 Å².